The zero-order valence-electron chi connectivity index (χ0n) is 12.8. The Morgan fingerprint density at radius 3 is 2.41 bits per heavy atom. The number of piperazine rings is 1. The monoisotopic (exact) mass is 300 g/mol. The topological polar surface area (TPSA) is 45.4 Å². The number of rotatable bonds is 3. The largest absolute Gasteiger partial charge is 0.366 e. The van der Waals surface area contributed by atoms with Gasteiger partial charge < -0.3 is 15.5 Å². The number of nitrogens with zero attached hydrogens (tertiary/aromatic N) is 3. The summed E-state index contributed by atoms with van der Waals surface area (Å²) >= 11 is 0. The molecule has 2 aromatic rings. The number of halogens is 1. The van der Waals surface area contributed by atoms with E-state index in [1.54, 1.807) is 6.07 Å². The fourth-order valence-corrected chi connectivity index (χ4v) is 2.87. The minimum absolute atomic E-state index is 0.160. The van der Waals surface area contributed by atoms with Gasteiger partial charge in [-0.25, -0.2) is 9.37 Å². The second-order valence-corrected chi connectivity index (χ2v) is 5.56. The number of para-hydroxylation sites is 1. The third-order valence-corrected chi connectivity index (χ3v) is 4.09. The SMILES string of the molecule is Cc1ccc(CN)c(N2CCN(c3ccccc3F)CC2)n1. The lowest BCUT2D eigenvalue weighted by molar-refractivity contribution is 0.595. The van der Waals surface area contributed by atoms with Crippen LogP contribution in [-0.2, 0) is 6.54 Å². The molecule has 1 aliphatic heterocycles. The maximum atomic E-state index is 13.9. The molecule has 0 bridgehead atoms. The summed E-state index contributed by atoms with van der Waals surface area (Å²) in [6, 6.07) is 11.0. The van der Waals surface area contributed by atoms with Crippen molar-refractivity contribution in [2.24, 2.45) is 5.73 Å². The van der Waals surface area contributed by atoms with Crippen LogP contribution in [0.15, 0.2) is 36.4 Å². The Morgan fingerprint density at radius 2 is 1.73 bits per heavy atom. The van der Waals surface area contributed by atoms with E-state index in [-0.39, 0.29) is 5.82 Å². The van der Waals surface area contributed by atoms with E-state index in [1.165, 1.54) is 6.07 Å². The first-order valence-corrected chi connectivity index (χ1v) is 7.60. The highest BCUT2D eigenvalue weighted by atomic mass is 19.1. The van der Waals surface area contributed by atoms with Crippen molar-refractivity contribution in [2.45, 2.75) is 13.5 Å². The molecule has 0 saturated carbocycles. The van der Waals surface area contributed by atoms with Gasteiger partial charge in [-0.3, -0.25) is 0 Å². The molecule has 0 unspecified atom stereocenters. The van der Waals surface area contributed by atoms with E-state index in [0.29, 0.717) is 12.2 Å². The predicted molar refractivity (Wildman–Crippen MR) is 87.7 cm³/mol. The maximum absolute atomic E-state index is 13.9. The standard InChI is InChI=1S/C17H21FN4/c1-13-6-7-14(12-19)17(20-13)22-10-8-21(9-11-22)16-5-3-2-4-15(16)18/h2-7H,8-12,19H2,1H3. The molecule has 0 aliphatic carbocycles. The van der Waals surface area contributed by atoms with Crippen LogP contribution >= 0.6 is 0 Å². The number of aromatic nitrogens is 1. The van der Waals surface area contributed by atoms with Crippen molar-refractivity contribution in [3.63, 3.8) is 0 Å². The molecule has 1 aromatic heterocycles. The van der Waals surface area contributed by atoms with Gasteiger partial charge in [0.15, 0.2) is 0 Å². The Morgan fingerprint density at radius 1 is 1.05 bits per heavy atom. The maximum Gasteiger partial charge on any atom is 0.146 e. The Labute approximate surface area is 130 Å². The van der Waals surface area contributed by atoms with Gasteiger partial charge in [0.25, 0.3) is 0 Å². The number of benzene rings is 1. The molecule has 5 heteroatoms. The van der Waals surface area contributed by atoms with Gasteiger partial charge in [0.2, 0.25) is 0 Å². The van der Waals surface area contributed by atoms with Crippen molar-refractivity contribution in [3.05, 3.63) is 53.5 Å². The normalized spacial score (nSPS) is 15.2. The van der Waals surface area contributed by atoms with Gasteiger partial charge in [-0.15, -0.1) is 0 Å². The lowest BCUT2D eigenvalue weighted by Gasteiger charge is -2.37. The molecule has 1 saturated heterocycles. The Kier molecular flexibility index (Phi) is 4.24. The second-order valence-electron chi connectivity index (χ2n) is 5.56. The molecule has 22 heavy (non-hydrogen) atoms. The van der Waals surface area contributed by atoms with Gasteiger partial charge in [0.05, 0.1) is 5.69 Å². The van der Waals surface area contributed by atoms with Crippen molar-refractivity contribution in [1.82, 2.24) is 4.98 Å². The predicted octanol–water partition coefficient (Wildman–Crippen LogP) is 2.31. The van der Waals surface area contributed by atoms with E-state index in [2.05, 4.69) is 14.8 Å². The fraction of sp³-hybridized carbons (Fsp3) is 0.353. The highest BCUT2D eigenvalue weighted by Gasteiger charge is 2.21. The summed E-state index contributed by atoms with van der Waals surface area (Å²) in [5, 5.41) is 0. The lowest BCUT2D eigenvalue weighted by Crippen LogP contribution is -2.47. The molecule has 4 nitrogen and oxygen atoms in total. The molecule has 0 spiro atoms. The minimum atomic E-state index is -0.160. The van der Waals surface area contributed by atoms with Crippen molar-refractivity contribution in [1.29, 1.82) is 0 Å². The molecular weight excluding hydrogens is 279 g/mol. The first-order chi connectivity index (χ1) is 10.7. The molecule has 1 aromatic carbocycles. The molecule has 116 valence electrons. The van der Waals surface area contributed by atoms with Crippen LogP contribution in [0.3, 0.4) is 0 Å². The average Bonchev–Trinajstić information content (AvgIpc) is 2.55. The van der Waals surface area contributed by atoms with E-state index in [1.807, 2.05) is 31.2 Å². The van der Waals surface area contributed by atoms with E-state index in [9.17, 15) is 4.39 Å². The van der Waals surface area contributed by atoms with Crippen molar-refractivity contribution < 1.29 is 4.39 Å². The second kappa shape index (κ2) is 6.32. The van der Waals surface area contributed by atoms with Gasteiger partial charge in [0, 0.05) is 44.0 Å². The van der Waals surface area contributed by atoms with Crippen molar-refractivity contribution >= 4 is 11.5 Å². The van der Waals surface area contributed by atoms with Crippen LogP contribution < -0.4 is 15.5 Å². The molecule has 0 radical (unpaired) electrons. The van der Waals surface area contributed by atoms with Gasteiger partial charge in [-0.1, -0.05) is 18.2 Å². The fourth-order valence-electron chi connectivity index (χ4n) is 2.87. The summed E-state index contributed by atoms with van der Waals surface area (Å²) in [6.07, 6.45) is 0. The third-order valence-electron chi connectivity index (χ3n) is 4.09. The van der Waals surface area contributed by atoms with E-state index in [4.69, 9.17) is 5.73 Å². The highest BCUT2D eigenvalue weighted by Crippen LogP contribution is 2.24. The summed E-state index contributed by atoms with van der Waals surface area (Å²) in [6.45, 7) is 5.66. The first kappa shape index (κ1) is 14.8. The van der Waals surface area contributed by atoms with Crippen LogP contribution in [0.4, 0.5) is 15.9 Å². The summed E-state index contributed by atoms with van der Waals surface area (Å²) in [7, 11) is 0. The van der Waals surface area contributed by atoms with Crippen LogP contribution in [-0.4, -0.2) is 31.2 Å². The Hall–Kier alpha value is -2.14. The number of pyridine rings is 1. The molecule has 1 fully saturated rings. The Bertz CT molecular complexity index is 651. The molecule has 2 heterocycles. The minimum Gasteiger partial charge on any atom is -0.366 e. The summed E-state index contributed by atoms with van der Waals surface area (Å²) in [4.78, 5) is 8.97. The molecule has 1 aliphatic rings. The van der Waals surface area contributed by atoms with Gasteiger partial charge in [-0.05, 0) is 25.1 Å². The van der Waals surface area contributed by atoms with Crippen molar-refractivity contribution in [2.75, 3.05) is 36.0 Å². The van der Waals surface area contributed by atoms with Crippen LogP contribution in [0.25, 0.3) is 0 Å². The zero-order valence-corrected chi connectivity index (χ0v) is 12.8. The first-order valence-electron chi connectivity index (χ1n) is 7.60. The molecule has 3 rings (SSSR count). The zero-order chi connectivity index (χ0) is 15.5. The Balaban J connectivity index is 1.75. The van der Waals surface area contributed by atoms with Gasteiger partial charge in [0.1, 0.15) is 11.6 Å². The third kappa shape index (κ3) is 2.90. The van der Waals surface area contributed by atoms with Crippen LogP contribution in [0.1, 0.15) is 11.3 Å². The number of hydrogen-bond donors (Lipinski definition) is 1. The number of anilines is 2. The van der Waals surface area contributed by atoms with Crippen LogP contribution in [0.2, 0.25) is 0 Å². The molecule has 0 atom stereocenters. The van der Waals surface area contributed by atoms with E-state index >= 15 is 0 Å². The summed E-state index contributed by atoms with van der Waals surface area (Å²) < 4.78 is 13.9. The summed E-state index contributed by atoms with van der Waals surface area (Å²) in [5.74, 6) is 0.808. The van der Waals surface area contributed by atoms with E-state index in [0.717, 1.165) is 43.3 Å². The van der Waals surface area contributed by atoms with Crippen molar-refractivity contribution in [3.8, 4) is 0 Å². The number of aryl methyl sites for hydroxylation is 1. The molecular formula is C17H21FN4. The smallest absolute Gasteiger partial charge is 0.146 e. The number of hydrogen-bond acceptors (Lipinski definition) is 4. The quantitative estimate of drug-likeness (QED) is 0.945. The molecule has 2 N–H and O–H groups in total. The highest BCUT2D eigenvalue weighted by molar-refractivity contribution is 5.52. The average molecular weight is 300 g/mol. The molecule has 0 amide bonds. The van der Waals surface area contributed by atoms with Crippen LogP contribution in [0.5, 0.6) is 0 Å². The summed E-state index contributed by atoms with van der Waals surface area (Å²) in [5.41, 5.74) is 8.55. The lowest BCUT2D eigenvalue weighted by atomic mass is 10.2. The van der Waals surface area contributed by atoms with E-state index < -0.39 is 0 Å². The van der Waals surface area contributed by atoms with Gasteiger partial charge >= 0.3 is 0 Å². The van der Waals surface area contributed by atoms with Crippen LogP contribution in [0, 0.1) is 12.7 Å². The number of nitrogens with two attached hydrogens (primary N) is 1. The van der Waals surface area contributed by atoms with Gasteiger partial charge in [-0.2, -0.15) is 0 Å².